The molecule has 4 heterocycles. The second-order valence-corrected chi connectivity index (χ2v) is 9.29. The zero-order valence-electron chi connectivity index (χ0n) is 20.9. The van der Waals surface area contributed by atoms with Crippen molar-refractivity contribution in [1.29, 1.82) is 0 Å². The summed E-state index contributed by atoms with van der Waals surface area (Å²) in [4.78, 5) is 47.0. The van der Waals surface area contributed by atoms with Crippen LogP contribution in [-0.2, 0) is 11.2 Å². The molecule has 1 saturated heterocycles. The fraction of sp³-hybridized carbons (Fsp3) is 0.250. The molecule has 2 aliphatic heterocycles. The Morgan fingerprint density at radius 1 is 0.868 bits per heavy atom. The Balaban J connectivity index is 1.38. The maximum absolute atomic E-state index is 13.9. The molecular weight excluding hydrogens is 484 g/mol. The van der Waals surface area contributed by atoms with Crippen molar-refractivity contribution in [1.82, 2.24) is 19.3 Å². The van der Waals surface area contributed by atoms with Gasteiger partial charge in [-0.25, -0.2) is 9.67 Å². The Hall–Kier alpha value is -4.73. The van der Waals surface area contributed by atoms with Gasteiger partial charge in [-0.05, 0) is 67.8 Å². The molecule has 2 aliphatic rings. The van der Waals surface area contributed by atoms with Gasteiger partial charge < -0.3 is 14.5 Å². The molecule has 10 heteroatoms. The van der Waals surface area contributed by atoms with Crippen molar-refractivity contribution in [2.45, 2.75) is 25.7 Å². The van der Waals surface area contributed by atoms with Crippen LogP contribution >= 0.6 is 0 Å². The van der Waals surface area contributed by atoms with Crippen LogP contribution in [-0.4, -0.2) is 57.3 Å². The minimum atomic E-state index is -0.345. The number of rotatable bonds is 5. The van der Waals surface area contributed by atoms with Crippen molar-refractivity contribution in [3.05, 3.63) is 84.2 Å². The molecule has 0 saturated carbocycles. The quantitative estimate of drug-likeness (QED) is 0.407. The van der Waals surface area contributed by atoms with Crippen LogP contribution < -0.4 is 14.5 Å². The van der Waals surface area contributed by atoms with E-state index in [9.17, 15) is 14.4 Å². The van der Waals surface area contributed by atoms with Crippen LogP contribution in [0.5, 0.6) is 5.75 Å². The summed E-state index contributed by atoms with van der Waals surface area (Å²) in [5, 5.41) is 4.62. The van der Waals surface area contributed by atoms with Crippen LogP contribution in [0.2, 0.25) is 0 Å². The molecule has 38 heavy (non-hydrogen) atoms. The number of amides is 2. The Kier molecular flexibility index (Phi) is 5.99. The highest BCUT2D eigenvalue weighted by atomic mass is 16.5. The standard InChI is InChI=1S/C28H26N6O4/c1-38-22-11-9-21(10-12-22)34-26-23(25(30-34)27(36)31-17-14-29-18-31)13-16-33(28(26)37)20-7-5-19(6-8-20)32-15-3-2-4-24(32)35/h5-12,14,17-18H,2-4,13,15-16H2,1H3. The Morgan fingerprint density at radius 2 is 1.58 bits per heavy atom. The summed E-state index contributed by atoms with van der Waals surface area (Å²) < 4.78 is 8.17. The van der Waals surface area contributed by atoms with Crippen molar-refractivity contribution in [2.75, 3.05) is 30.0 Å². The first kappa shape index (κ1) is 23.7. The van der Waals surface area contributed by atoms with E-state index in [-0.39, 0.29) is 23.4 Å². The molecule has 2 aromatic carbocycles. The molecule has 0 radical (unpaired) electrons. The number of hydrogen-bond acceptors (Lipinski definition) is 6. The summed E-state index contributed by atoms with van der Waals surface area (Å²) in [6.07, 6.45) is 7.43. The molecule has 0 bridgehead atoms. The average molecular weight is 511 g/mol. The van der Waals surface area contributed by atoms with E-state index in [4.69, 9.17) is 4.74 Å². The molecule has 6 rings (SSSR count). The molecule has 4 aromatic rings. The van der Waals surface area contributed by atoms with E-state index in [0.29, 0.717) is 48.6 Å². The normalized spacial score (nSPS) is 15.5. The number of nitrogens with zero attached hydrogens (tertiary/aromatic N) is 6. The number of hydrogen-bond donors (Lipinski definition) is 0. The summed E-state index contributed by atoms with van der Waals surface area (Å²) in [6, 6.07) is 14.7. The van der Waals surface area contributed by atoms with Gasteiger partial charge in [-0.15, -0.1) is 0 Å². The molecule has 2 aromatic heterocycles. The van der Waals surface area contributed by atoms with Gasteiger partial charge in [0.25, 0.3) is 11.8 Å². The predicted octanol–water partition coefficient (Wildman–Crippen LogP) is 3.49. The van der Waals surface area contributed by atoms with E-state index in [2.05, 4.69) is 10.1 Å². The van der Waals surface area contributed by atoms with E-state index >= 15 is 0 Å². The molecular formula is C28H26N6O4. The third-order valence-corrected chi connectivity index (χ3v) is 7.07. The number of piperidine rings is 1. The van der Waals surface area contributed by atoms with E-state index in [1.54, 1.807) is 47.4 Å². The lowest BCUT2D eigenvalue weighted by Gasteiger charge is -2.29. The minimum Gasteiger partial charge on any atom is -0.497 e. The maximum Gasteiger partial charge on any atom is 0.283 e. The fourth-order valence-corrected chi connectivity index (χ4v) is 5.08. The zero-order chi connectivity index (χ0) is 26.2. The van der Waals surface area contributed by atoms with Gasteiger partial charge >= 0.3 is 0 Å². The number of aromatic nitrogens is 4. The molecule has 1 fully saturated rings. The van der Waals surface area contributed by atoms with Gasteiger partial charge in [0.15, 0.2) is 5.69 Å². The van der Waals surface area contributed by atoms with Crippen molar-refractivity contribution in [3.8, 4) is 11.4 Å². The third-order valence-electron chi connectivity index (χ3n) is 7.07. The highest BCUT2D eigenvalue weighted by molar-refractivity contribution is 6.10. The maximum atomic E-state index is 13.9. The van der Waals surface area contributed by atoms with Crippen LogP contribution in [0.25, 0.3) is 5.69 Å². The smallest absolute Gasteiger partial charge is 0.283 e. The van der Waals surface area contributed by atoms with Crippen molar-refractivity contribution in [2.24, 2.45) is 0 Å². The van der Waals surface area contributed by atoms with Gasteiger partial charge in [-0.3, -0.25) is 19.0 Å². The van der Waals surface area contributed by atoms with Crippen molar-refractivity contribution < 1.29 is 19.1 Å². The van der Waals surface area contributed by atoms with Gasteiger partial charge in [-0.1, -0.05) is 0 Å². The molecule has 10 nitrogen and oxygen atoms in total. The van der Waals surface area contributed by atoms with Crippen LogP contribution in [0, 0.1) is 0 Å². The van der Waals surface area contributed by atoms with Crippen LogP contribution in [0.4, 0.5) is 11.4 Å². The molecule has 0 spiro atoms. The minimum absolute atomic E-state index is 0.126. The topological polar surface area (TPSA) is 103 Å². The van der Waals surface area contributed by atoms with Gasteiger partial charge in [0.05, 0.1) is 12.8 Å². The zero-order valence-corrected chi connectivity index (χ0v) is 20.9. The highest BCUT2D eigenvalue weighted by Crippen LogP contribution is 2.31. The first-order chi connectivity index (χ1) is 18.5. The lowest BCUT2D eigenvalue weighted by Crippen LogP contribution is -2.39. The molecule has 0 atom stereocenters. The van der Waals surface area contributed by atoms with Crippen LogP contribution in [0.3, 0.4) is 0 Å². The summed E-state index contributed by atoms with van der Waals surface area (Å²) >= 11 is 0. The molecule has 0 unspecified atom stereocenters. The number of imidazole rings is 1. The SMILES string of the molecule is COc1ccc(-n2nc(C(=O)n3ccnc3)c3c2C(=O)N(c2ccc(N4CCCCC4=O)cc2)CC3)cc1. The van der Waals surface area contributed by atoms with Gasteiger partial charge in [0.2, 0.25) is 5.91 Å². The summed E-state index contributed by atoms with van der Waals surface area (Å²) in [6.45, 7) is 1.10. The summed E-state index contributed by atoms with van der Waals surface area (Å²) in [7, 11) is 1.58. The monoisotopic (exact) mass is 510 g/mol. The molecule has 0 aliphatic carbocycles. The fourth-order valence-electron chi connectivity index (χ4n) is 5.08. The Labute approximate surface area is 219 Å². The highest BCUT2D eigenvalue weighted by Gasteiger charge is 2.35. The number of ether oxygens (including phenoxy) is 1. The number of anilines is 2. The first-order valence-corrected chi connectivity index (χ1v) is 12.6. The third kappa shape index (κ3) is 4.03. The van der Waals surface area contributed by atoms with Gasteiger partial charge in [0, 0.05) is 48.8 Å². The van der Waals surface area contributed by atoms with Crippen LogP contribution in [0.15, 0.2) is 67.3 Å². The van der Waals surface area contributed by atoms with Crippen molar-refractivity contribution >= 4 is 29.1 Å². The van der Waals surface area contributed by atoms with E-state index in [1.165, 1.54) is 21.8 Å². The van der Waals surface area contributed by atoms with Crippen molar-refractivity contribution in [3.63, 3.8) is 0 Å². The number of fused-ring (bicyclic) bond motifs is 1. The summed E-state index contributed by atoms with van der Waals surface area (Å²) in [5.74, 6) is 0.203. The number of carbonyl (C=O) groups is 3. The predicted molar refractivity (Wildman–Crippen MR) is 140 cm³/mol. The molecule has 2 amide bonds. The van der Waals surface area contributed by atoms with Gasteiger partial charge in [-0.2, -0.15) is 5.10 Å². The molecule has 192 valence electrons. The summed E-state index contributed by atoms with van der Waals surface area (Å²) in [5.41, 5.74) is 3.37. The average Bonchev–Trinajstić information content (AvgIpc) is 3.63. The number of methoxy groups -OCH3 is 1. The lowest BCUT2D eigenvalue weighted by atomic mass is 10.0. The second-order valence-electron chi connectivity index (χ2n) is 9.29. The largest absolute Gasteiger partial charge is 0.497 e. The second kappa shape index (κ2) is 9.62. The number of carbonyl (C=O) groups excluding carboxylic acids is 3. The van der Waals surface area contributed by atoms with E-state index in [0.717, 1.165) is 24.2 Å². The Bertz CT molecular complexity index is 1510. The molecule has 0 N–H and O–H groups in total. The van der Waals surface area contributed by atoms with Crippen LogP contribution in [0.1, 0.15) is 45.8 Å². The Morgan fingerprint density at radius 3 is 2.24 bits per heavy atom. The number of benzene rings is 2. The van der Waals surface area contributed by atoms with Gasteiger partial charge in [0.1, 0.15) is 17.8 Å². The lowest BCUT2D eigenvalue weighted by molar-refractivity contribution is -0.119. The van der Waals surface area contributed by atoms with E-state index < -0.39 is 0 Å². The first-order valence-electron chi connectivity index (χ1n) is 12.6. The van der Waals surface area contributed by atoms with E-state index in [1.807, 2.05) is 24.3 Å².